The Morgan fingerprint density at radius 2 is 1.67 bits per heavy atom. The van der Waals surface area contributed by atoms with Gasteiger partial charge in [0.2, 0.25) is 0 Å². The number of hydrogen-bond acceptors (Lipinski definition) is 2. The third-order valence-electron chi connectivity index (χ3n) is 3.81. The number of aromatic carboxylic acids is 1. The van der Waals surface area contributed by atoms with Crippen molar-refractivity contribution in [1.29, 1.82) is 0 Å². The fraction of sp³-hybridized carbons (Fsp3) is 0.500. The summed E-state index contributed by atoms with van der Waals surface area (Å²) in [6, 6.07) is 7.07. The molecule has 0 amide bonds. The number of benzene rings is 1. The van der Waals surface area contributed by atoms with Gasteiger partial charge in [-0.1, -0.05) is 24.3 Å². The molecule has 0 radical (unpaired) electrons. The van der Waals surface area contributed by atoms with Gasteiger partial charge in [0.25, 0.3) is 0 Å². The van der Waals surface area contributed by atoms with Crippen LogP contribution in [0.3, 0.4) is 0 Å². The summed E-state index contributed by atoms with van der Waals surface area (Å²) in [4.78, 5) is 13.9. The molecule has 0 aromatic heterocycles. The molecule has 2 N–H and O–H groups in total. The van der Waals surface area contributed by atoms with Crippen LogP contribution in [0.25, 0.3) is 0 Å². The SMILES string of the molecule is CC[NH+]1CC[NH+](Cc2ccc(C(=O)[O-])cc2)CC1. The number of carbonyl (C=O) groups excluding carboxylic acids is 1. The molecule has 1 aliphatic heterocycles. The number of carboxylic acid groups (broad SMARTS) is 1. The molecule has 0 bridgehead atoms. The number of quaternary nitrogens is 2. The van der Waals surface area contributed by atoms with Gasteiger partial charge < -0.3 is 19.7 Å². The topological polar surface area (TPSA) is 49.0 Å². The van der Waals surface area contributed by atoms with E-state index >= 15 is 0 Å². The molecule has 0 spiro atoms. The molecular weight excluding hydrogens is 228 g/mol. The molecule has 1 heterocycles. The van der Waals surface area contributed by atoms with Gasteiger partial charge in [-0.05, 0) is 12.5 Å². The first-order valence-corrected chi connectivity index (χ1v) is 6.66. The maximum Gasteiger partial charge on any atom is 0.127 e. The zero-order chi connectivity index (χ0) is 13.0. The van der Waals surface area contributed by atoms with E-state index in [4.69, 9.17) is 0 Å². The van der Waals surface area contributed by atoms with Crippen LogP contribution in [-0.4, -0.2) is 38.7 Å². The van der Waals surface area contributed by atoms with Crippen LogP contribution in [0, 0.1) is 0 Å². The minimum absolute atomic E-state index is 0.258. The molecule has 0 atom stereocenters. The molecule has 0 saturated carbocycles. The van der Waals surface area contributed by atoms with Gasteiger partial charge in [0.05, 0.1) is 12.5 Å². The summed E-state index contributed by atoms with van der Waals surface area (Å²) >= 11 is 0. The summed E-state index contributed by atoms with van der Waals surface area (Å²) in [6.45, 7) is 9.32. The van der Waals surface area contributed by atoms with Crippen molar-refractivity contribution in [2.24, 2.45) is 0 Å². The van der Waals surface area contributed by atoms with Crippen LogP contribution in [0.4, 0.5) is 0 Å². The van der Waals surface area contributed by atoms with Crippen molar-refractivity contribution >= 4 is 5.97 Å². The number of rotatable bonds is 4. The molecule has 98 valence electrons. The summed E-state index contributed by atoms with van der Waals surface area (Å²) in [5, 5.41) is 10.7. The first-order valence-electron chi connectivity index (χ1n) is 6.66. The van der Waals surface area contributed by atoms with Crippen molar-refractivity contribution in [2.75, 3.05) is 32.7 Å². The highest BCUT2D eigenvalue weighted by Crippen LogP contribution is 2.02. The van der Waals surface area contributed by atoms with E-state index in [2.05, 4.69) is 6.92 Å². The monoisotopic (exact) mass is 249 g/mol. The minimum atomic E-state index is -1.10. The Morgan fingerprint density at radius 3 is 2.17 bits per heavy atom. The first-order chi connectivity index (χ1) is 8.69. The highest BCUT2D eigenvalue weighted by molar-refractivity contribution is 5.85. The summed E-state index contributed by atoms with van der Waals surface area (Å²) in [5.74, 6) is -1.10. The molecule has 1 aliphatic rings. The van der Waals surface area contributed by atoms with Crippen LogP contribution < -0.4 is 14.9 Å². The van der Waals surface area contributed by atoms with E-state index in [0.29, 0.717) is 0 Å². The van der Waals surface area contributed by atoms with Crippen molar-refractivity contribution in [3.8, 4) is 0 Å². The predicted molar refractivity (Wildman–Crippen MR) is 66.4 cm³/mol. The Labute approximate surface area is 108 Å². The summed E-state index contributed by atoms with van der Waals surface area (Å²) < 4.78 is 0. The lowest BCUT2D eigenvalue weighted by Gasteiger charge is -2.29. The largest absolute Gasteiger partial charge is 0.545 e. The Bertz CT molecular complexity index is 395. The van der Waals surface area contributed by atoms with Crippen molar-refractivity contribution in [2.45, 2.75) is 13.5 Å². The normalized spacial score (nSPS) is 23.8. The van der Waals surface area contributed by atoms with Crippen LogP contribution in [0.1, 0.15) is 22.8 Å². The van der Waals surface area contributed by atoms with E-state index in [1.165, 1.54) is 38.3 Å². The van der Waals surface area contributed by atoms with Crippen molar-refractivity contribution in [3.63, 3.8) is 0 Å². The third kappa shape index (κ3) is 3.31. The summed E-state index contributed by atoms with van der Waals surface area (Å²) in [5.41, 5.74) is 1.46. The smallest absolute Gasteiger partial charge is 0.127 e. The zero-order valence-corrected chi connectivity index (χ0v) is 10.9. The molecule has 1 aromatic rings. The molecular formula is C14H21N2O2+. The van der Waals surface area contributed by atoms with Crippen LogP contribution in [0.2, 0.25) is 0 Å². The molecule has 1 aromatic carbocycles. The number of likely N-dealkylation sites (N-methyl/N-ethyl adjacent to an activating group) is 1. The van der Waals surface area contributed by atoms with Gasteiger partial charge in [-0.3, -0.25) is 0 Å². The van der Waals surface area contributed by atoms with Gasteiger partial charge in [-0.25, -0.2) is 0 Å². The van der Waals surface area contributed by atoms with E-state index in [9.17, 15) is 9.90 Å². The average molecular weight is 249 g/mol. The third-order valence-corrected chi connectivity index (χ3v) is 3.81. The van der Waals surface area contributed by atoms with Crippen LogP contribution in [0.15, 0.2) is 24.3 Å². The van der Waals surface area contributed by atoms with Gasteiger partial charge in [0.1, 0.15) is 32.7 Å². The second kappa shape index (κ2) is 5.98. The highest BCUT2D eigenvalue weighted by Gasteiger charge is 2.21. The maximum atomic E-state index is 10.7. The molecule has 1 saturated heterocycles. The van der Waals surface area contributed by atoms with Crippen molar-refractivity contribution in [1.82, 2.24) is 0 Å². The number of carbonyl (C=O) groups is 1. The Balaban J connectivity index is 1.88. The number of piperazine rings is 1. The lowest BCUT2D eigenvalue weighted by Crippen LogP contribution is -3.27. The minimum Gasteiger partial charge on any atom is -0.545 e. The Hall–Kier alpha value is -1.39. The highest BCUT2D eigenvalue weighted by atomic mass is 16.4. The first kappa shape index (κ1) is 13.1. The lowest BCUT2D eigenvalue weighted by atomic mass is 10.1. The fourth-order valence-electron chi connectivity index (χ4n) is 2.53. The zero-order valence-electron chi connectivity index (χ0n) is 10.9. The molecule has 0 unspecified atom stereocenters. The second-order valence-electron chi connectivity index (χ2n) is 5.01. The van der Waals surface area contributed by atoms with E-state index in [-0.39, 0.29) is 5.56 Å². The van der Waals surface area contributed by atoms with Crippen LogP contribution >= 0.6 is 0 Å². The standard InChI is InChI=1S/C14H20N2O2/c1-2-15-7-9-16(10-8-15)11-12-3-5-13(6-4-12)14(17)18/h3-6H,2,7-11H2,1H3,(H,17,18)/p+1. The Kier molecular flexibility index (Phi) is 4.33. The van der Waals surface area contributed by atoms with Crippen LogP contribution in [0.5, 0.6) is 0 Å². The predicted octanol–water partition coefficient (Wildman–Crippen LogP) is -2.65. The average Bonchev–Trinajstić information content (AvgIpc) is 2.40. The molecule has 1 fully saturated rings. The van der Waals surface area contributed by atoms with E-state index in [1.54, 1.807) is 21.9 Å². The molecule has 18 heavy (non-hydrogen) atoms. The molecule has 4 heteroatoms. The molecule has 0 aliphatic carbocycles. The number of nitrogens with one attached hydrogen (secondary N) is 2. The number of hydrogen-bond donors (Lipinski definition) is 2. The van der Waals surface area contributed by atoms with Gasteiger partial charge in [-0.2, -0.15) is 0 Å². The summed E-state index contributed by atoms with van der Waals surface area (Å²) in [7, 11) is 0. The summed E-state index contributed by atoms with van der Waals surface area (Å²) in [6.07, 6.45) is 0. The van der Waals surface area contributed by atoms with Gasteiger partial charge in [0, 0.05) is 5.56 Å². The van der Waals surface area contributed by atoms with E-state index in [0.717, 1.165) is 6.54 Å². The van der Waals surface area contributed by atoms with Gasteiger partial charge in [0.15, 0.2) is 0 Å². The van der Waals surface area contributed by atoms with Gasteiger partial charge in [-0.15, -0.1) is 0 Å². The Morgan fingerprint density at radius 1 is 1.11 bits per heavy atom. The van der Waals surface area contributed by atoms with E-state index in [1.807, 2.05) is 12.1 Å². The van der Waals surface area contributed by atoms with Crippen LogP contribution in [-0.2, 0) is 6.54 Å². The van der Waals surface area contributed by atoms with Gasteiger partial charge >= 0.3 is 0 Å². The van der Waals surface area contributed by atoms with E-state index < -0.39 is 5.97 Å². The fourth-order valence-corrected chi connectivity index (χ4v) is 2.53. The second-order valence-corrected chi connectivity index (χ2v) is 5.01. The molecule has 4 nitrogen and oxygen atoms in total. The van der Waals surface area contributed by atoms with Crippen molar-refractivity contribution < 1.29 is 19.7 Å². The maximum absolute atomic E-state index is 10.7. The van der Waals surface area contributed by atoms with Crippen molar-refractivity contribution in [3.05, 3.63) is 35.4 Å². The number of carboxylic acids is 1. The lowest BCUT2D eigenvalue weighted by molar-refractivity contribution is -1.02. The quantitative estimate of drug-likeness (QED) is 0.612. The molecule has 2 rings (SSSR count).